The smallest absolute Gasteiger partial charge is 0.272 e. The van der Waals surface area contributed by atoms with Crippen molar-refractivity contribution in [3.05, 3.63) is 69.4 Å². The molecule has 2 aromatic rings. The second kappa shape index (κ2) is 9.21. The Hall–Kier alpha value is -4.01. The first-order valence-corrected chi connectivity index (χ1v) is 9.69. The number of anilines is 2. The quantitative estimate of drug-likeness (QED) is 0.358. The first-order chi connectivity index (χ1) is 14.7. The van der Waals surface area contributed by atoms with E-state index in [0.717, 1.165) is 18.4 Å². The van der Waals surface area contributed by atoms with Crippen molar-refractivity contribution < 1.29 is 19.3 Å². The highest BCUT2D eigenvalue weighted by molar-refractivity contribution is 6.09. The van der Waals surface area contributed by atoms with Gasteiger partial charge in [-0.3, -0.25) is 24.5 Å². The van der Waals surface area contributed by atoms with Gasteiger partial charge in [-0.25, -0.2) is 0 Å². The molecule has 1 fully saturated rings. The van der Waals surface area contributed by atoms with E-state index in [0.29, 0.717) is 16.9 Å². The summed E-state index contributed by atoms with van der Waals surface area (Å²) >= 11 is 0. The maximum Gasteiger partial charge on any atom is 0.272 e. The van der Waals surface area contributed by atoms with Gasteiger partial charge in [0.05, 0.1) is 4.92 Å². The first kappa shape index (κ1) is 21.7. The fourth-order valence-electron chi connectivity index (χ4n) is 2.86. The van der Waals surface area contributed by atoms with E-state index in [1.807, 2.05) is 6.92 Å². The number of amides is 3. The molecule has 3 rings (SSSR count). The maximum absolute atomic E-state index is 12.8. The SMILES string of the molecule is CC(=O)N/C(=C\c1cccc([N+](=O)[O-])c1)C(=O)Nc1ccc(C)c(NC(=O)C2CC2)c1. The minimum Gasteiger partial charge on any atom is -0.326 e. The molecule has 0 radical (unpaired) electrons. The average Bonchev–Trinajstić information content (AvgIpc) is 3.55. The fourth-order valence-corrected chi connectivity index (χ4v) is 2.86. The molecule has 2 aromatic carbocycles. The maximum atomic E-state index is 12.8. The summed E-state index contributed by atoms with van der Waals surface area (Å²) in [6.07, 6.45) is 3.11. The predicted molar refractivity (Wildman–Crippen MR) is 116 cm³/mol. The summed E-state index contributed by atoms with van der Waals surface area (Å²) in [5.41, 5.74) is 2.05. The van der Waals surface area contributed by atoms with Crippen LogP contribution < -0.4 is 16.0 Å². The van der Waals surface area contributed by atoms with Crippen LogP contribution in [-0.4, -0.2) is 22.6 Å². The summed E-state index contributed by atoms with van der Waals surface area (Å²) < 4.78 is 0. The van der Waals surface area contributed by atoms with E-state index in [4.69, 9.17) is 0 Å². The van der Waals surface area contributed by atoms with Gasteiger partial charge in [0.15, 0.2) is 0 Å². The van der Waals surface area contributed by atoms with Crippen molar-refractivity contribution in [1.29, 1.82) is 0 Å². The Morgan fingerprint density at radius 1 is 1.10 bits per heavy atom. The van der Waals surface area contributed by atoms with Gasteiger partial charge in [-0.15, -0.1) is 0 Å². The van der Waals surface area contributed by atoms with Gasteiger partial charge < -0.3 is 16.0 Å². The second-order valence-electron chi connectivity index (χ2n) is 7.34. The van der Waals surface area contributed by atoms with Gasteiger partial charge in [0.25, 0.3) is 11.6 Å². The largest absolute Gasteiger partial charge is 0.326 e. The zero-order valence-electron chi connectivity index (χ0n) is 17.1. The van der Waals surface area contributed by atoms with Crippen LogP contribution in [0.3, 0.4) is 0 Å². The molecule has 1 aliphatic rings. The molecule has 0 saturated heterocycles. The number of hydrogen-bond acceptors (Lipinski definition) is 5. The molecule has 31 heavy (non-hydrogen) atoms. The number of nitro groups is 1. The molecule has 1 aliphatic carbocycles. The van der Waals surface area contributed by atoms with Crippen molar-refractivity contribution in [3.63, 3.8) is 0 Å². The van der Waals surface area contributed by atoms with Crippen molar-refractivity contribution in [1.82, 2.24) is 5.32 Å². The van der Waals surface area contributed by atoms with Crippen LogP contribution in [-0.2, 0) is 14.4 Å². The third-order valence-electron chi connectivity index (χ3n) is 4.65. The Balaban J connectivity index is 1.82. The van der Waals surface area contributed by atoms with Gasteiger partial charge in [-0.05, 0) is 49.1 Å². The normalized spacial score (nSPS) is 13.3. The van der Waals surface area contributed by atoms with Crippen molar-refractivity contribution >= 4 is 40.9 Å². The molecule has 0 spiro atoms. The highest BCUT2D eigenvalue weighted by Gasteiger charge is 2.29. The zero-order chi connectivity index (χ0) is 22.5. The number of non-ortho nitro benzene ring substituents is 1. The molecule has 0 unspecified atom stereocenters. The minimum absolute atomic E-state index is 0.0434. The molecule has 0 atom stereocenters. The number of benzene rings is 2. The van der Waals surface area contributed by atoms with Crippen molar-refractivity contribution in [2.24, 2.45) is 5.92 Å². The summed E-state index contributed by atoms with van der Waals surface area (Å²) in [4.78, 5) is 46.9. The van der Waals surface area contributed by atoms with Gasteiger partial charge in [-0.1, -0.05) is 18.2 Å². The highest BCUT2D eigenvalue weighted by Crippen LogP contribution is 2.31. The zero-order valence-corrected chi connectivity index (χ0v) is 17.1. The number of rotatable bonds is 7. The Morgan fingerprint density at radius 3 is 2.48 bits per heavy atom. The van der Waals surface area contributed by atoms with Crippen LogP contribution in [0.5, 0.6) is 0 Å². The third-order valence-corrected chi connectivity index (χ3v) is 4.65. The lowest BCUT2D eigenvalue weighted by Gasteiger charge is -2.13. The van der Waals surface area contributed by atoms with Crippen LogP contribution in [0, 0.1) is 23.0 Å². The van der Waals surface area contributed by atoms with Crippen LogP contribution in [0.1, 0.15) is 30.9 Å². The number of aryl methyl sites for hydroxylation is 1. The molecule has 0 aromatic heterocycles. The van der Waals surface area contributed by atoms with Crippen LogP contribution in [0.2, 0.25) is 0 Å². The van der Waals surface area contributed by atoms with Gasteiger partial charge in [0, 0.05) is 36.3 Å². The lowest BCUT2D eigenvalue weighted by Crippen LogP contribution is -2.29. The van der Waals surface area contributed by atoms with Crippen LogP contribution >= 0.6 is 0 Å². The number of carbonyl (C=O) groups is 3. The van der Waals surface area contributed by atoms with Crippen LogP contribution in [0.4, 0.5) is 17.1 Å². The molecule has 3 N–H and O–H groups in total. The van der Waals surface area contributed by atoms with Gasteiger partial charge in [-0.2, -0.15) is 0 Å². The number of nitrogens with one attached hydrogen (secondary N) is 3. The van der Waals surface area contributed by atoms with Crippen molar-refractivity contribution in [3.8, 4) is 0 Å². The Kier molecular flexibility index (Phi) is 6.44. The number of nitro benzene ring substituents is 1. The molecule has 3 amide bonds. The van der Waals surface area contributed by atoms with Gasteiger partial charge in [0.1, 0.15) is 5.70 Å². The van der Waals surface area contributed by atoms with E-state index in [1.54, 1.807) is 24.3 Å². The number of carbonyl (C=O) groups excluding carboxylic acids is 3. The van der Waals surface area contributed by atoms with E-state index in [1.165, 1.54) is 31.2 Å². The monoisotopic (exact) mass is 422 g/mol. The standard InChI is InChI=1S/C22H22N4O5/c1-13-6-9-17(12-19(13)25-21(28)16-7-8-16)24-22(29)20(23-14(2)27)11-15-4-3-5-18(10-15)26(30)31/h3-6,9-12,16H,7-8H2,1-2H3,(H,23,27)(H,24,29)(H,25,28)/b20-11-. The van der Waals surface area contributed by atoms with E-state index >= 15 is 0 Å². The molecular formula is C22H22N4O5. The van der Waals surface area contributed by atoms with E-state index in [2.05, 4.69) is 16.0 Å². The van der Waals surface area contributed by atoms with E-state index < -0.39 is 16.7 Å². The second-order valence-corrected chi connectivity index (χ2v) is 7.34. The Labute approximate surface area is 178 Å². The predicted octanol–water partition coefficient (Wildman–Crippen LogP) is 3.37. The Bertz CT molecular complexity index is 1090. The van der Waals surface area contributed by atoms with Gasteiger partial charge >= 0.3 is 0 Å². The van der Waals surface area contributed by atoms with Gasteiger partial charge in [0.2, 0.25) is 11.8 Å². The van der Waals surface area contributed by atoms with Crippen molar-refractivity contribution in [2.75, 3.05) is 10.6 Å². The molecular weight excluding hydrogens is 400 g/mol. The van der Waals surface area contributed by atoms with Crippen molar-refractivity contribution in [2.45, 2.75) is 26.7 Å². The third kappa shape index (κ3) is 5.99. The minimum atomic E-state index is -0.606. The fraction of sp³-hybridized carbons (Fsp3) is 0.227. The lowest BCUT2D eigenvalue weighted by molar-refractivity contribution is -0.384. The molecule has 9 heteroatoms. The molecule has 1 saturated carbocycles. The van der Waals surface area contributed by atoms with Crippen LogP contribution in [0.15, 0.2) is 48.2 Å². The molecule has 9 nitrogen and oxygen atoms in total. The lowest BCUT2D eigenvalue weighted by atomic mass is 10.1. The molecule has 160 valence electrons. The summed E-state index contributed by atoms with van der Waals surface area (Å²) in [5, 5.41) is 19.0. The van der Waals surface area contributed by atoms with E-state index in [-0.39, 0.29) is 23.2 Å². The summed E-state index contributed by atoms with van der Waals surface area (Å²) in [6, 6.07) is 10.8. The Morgan fingerprint density at radius 2 is 1.84 bits per heavy atom. The molecule has 0 bridgehead atoms. The summed E-state index contributed by atoms with van der Waals surface area (Å²) in [5.74, 6) is -1.07. The number of nitrogens with zero attached hydrogens (tertiary/aromatic N) is 1. The topological polar surface area (TPSA) is 130 Å². The van der Waals surface area contributed by atoms with E-state index in [9.17, 15) is 24.5 Å². The average molecular weight is 422 g/mol. The first-order valence-electron chi connectivity index (χ1n) is 9.69. The molecule has 0 aliphatic heterocycles. The molecule has 0 heterocycles. The highest BCUT2D eigenvalue weighted by atomic mass is 16.6. The summed E-state index contributed by atoms with van der Waals surface area (Å²) in [7, 11) is 0. The van der Waals surface area contributed by atoms with Crippen LogP contribution in [0.25, 0.3) is 6.08 Å². The number of hydrogen-bond donors (Lipinski definition) is 3. The summed E-state index contributed by atoms with van der Waals surface area (Å²) in [6.45, 7) is 3.10.